The Morgan fingerprint density at radius 3 is 1.72 bits per heavy atom. The van der Waals surface area contributed by atoms with Crippen molar-refractivity contribution in [2.24, 2.45) is 11.5 Å². The number of carbonyl (C=O) groups excluding carboxylic acids is 8. The van der Waals surface area contributed by atoms with Crippen molar-refractivity contribution in [1.29, 1.82) is 10.8 Å². The van der Waals surface area contributed by atoms with E-state index in [2.05, 4.69) is 58.5 Å². The van der Waals surface area contributed by atoms with Crippen LogP contribution in [0, 0.1) is 10.8 Å². The summed E-state index contributed by atoms with van der Waals surface area (Å²) in [6.45, 7) is 1.93. The highest BCUT2D eigenvalue weighted by Crippen LogP contribution is 2.10. The molecule has 0 aliphatic carbocycles. The first-order valence-electron chi connectivity index (χ1n) is 22.6. The average Bonchev–Trinajstić information content (AvgIpc) is 3.29. The lowest BCUT2D eigenvalue weighted by Crippen LogP contribution is -2.59. The zero-order chi connectivity index (χ0) is 50.9. The zero-order valence-corrected chi connectivity index (χ0v) is 39.2. The monoisotopic (exact) mass is 960 g/mol. The second-order valence-electron chi connectivity index (χ2n) is 15.9. The molecule has 0 fully saturated rings. The first-order valence-corrected chi connectivity index (χ1v) is 22.6. The fourth-order valence-corrected chi connectivity index (χ4v) is 6.59. The largest absolute Gasteiger partial charge is 0.480 e. The van der Waals surface area contributed by atoms with Gasteiger partial charge in [-0.15, -0.1) is 0 Å². The minimum absolute atomic E-state index is 0.000308. The number of unbranched alkanes of at least 4 members (excludes halogenated alkanes) is 1. The molecule has 1 rings (SSSR count). The van der Waals surface area contributed by atoms with Crippen LogP contribution in [0.1, 0.15) is 83.1 Å². The third-order valence-corrected chi connectivity index (χ3v) is 10.2. The van der Waals surface area contributed by atoms with Crippen LogP contribution in [0.4, 0.5) is 0 Å². The number of aliphatic carboxylic acids is 1. The molecule has 0 spiro atoms. The van der Waals surface area contributed by atoms with Crippen LogP contribution in [0.25, 0.3) is 0 Å². The summed E-state index contributed by atoms with van der Waals surface area (Å²) in [5.74, 6) is -6.18. The van der Waals surface area contributed by atoms with E-state index in [4.69, 9.17) is 22.3 Å². The van der Waals surface area contributed by atoms with Crippen molar-refractivity contribution < 1.29 is 48.3 Å². The second kappa shape index (κ2) is 34.4. The molecule has 0 aromatic heterocycles. The lowest BCUT2D eigenvalue weighted by atomic mass is 10.0. The van der Waals surface area contributed by atoms with Gasteiger partial charge in [-0.25, -0.2) is 4.79 Å². The Bertz CT molecular complexity index is 1810. The van der Waals surface area contributed by atoms with Crippen LogP contribution < -0.4 is 70.0 Å². The smallest absolute Gasteiger partial charge is 0.326 e. The van der Waals surface area contributed by atoms with Gasteiger partial charge in [0, 0.05) is 46.4 Å². The first kappa shape index (κ1) is 59.1. The number of rotatable bonds is 35. The highest BCUT2D eigenvalue weighted by atomic mass is 16.4. The Balaban J connectivity index is 3.38. The number of guanidine groups is 2. The molecule has 6 atom stereocenters. The van der Waals surface area contributed by atoms with Gasteiger partial charge in [0.25, 0.3) is 0 Å². The molecule has 18 N–H and O–H groups in total. The molecule has 0 aliphatic rings. The quantitative estimate of drug-likeness (QED) is 0.0135. The standard InChI is InChI=1S/C43H73N15O10/c1-27(60)53-30(16-10-22-51-42(45)46)37(63)57-32(18-19-35(61)50-21-11-17-33(41(67)68)55-36(62)25-48-2)39(65)56-31(15-7-8-20-44)38(64)58-34(24-28-12-5-4-6-13-28)40(66)54-29(26-59)14-9-23-52-43(47)49-3/h4-6,12-13,26,29-34,48H,7-11,14-25,44H2,1-3H3,(H,50,61)(H,53,60)(H,54,66)(H,55,62)(H,56,65)(H,57,63)(H,58,64)(H,67,68)(H4,45,46,51)(H3,47,49,52)/t29-,30-,31-,32?,33?,34?/m0/s1. The Labute approximate surface area is 396 Å². The number of nitrogens with two attached hydrogens (primary N) is 2. The average molecular weight is 960 g/mol. The Kier molecular flexibility index (Phi) is 29.9. The second-order valence-corrected chi connectivity index (χ2v) is 15.9. The fraction of sp³-hybridized carbons (Fsp3) is 0.605. The van der Waals surface area contributed by atoms with E-state index in [1.54, 1.807) is 37.4 Å². The van der Waals surface area contributed by atoms with Crippen molar-refractivity contribution in [3.63, 3.8) is 0 Å². The summed E-state index contributed by atoms with van der Waals surface area (Å²) < 4.78 is 0. The molecule has 0 bridgehead atoms. The molecule has 1 aromatic rings. The number of carbonyl (C=O) groups is 9. The Morgan fingerprint density at radius 1 is 0.632 bits per heavy atom. The van der Waals surface area contributed by atoms with E-state index in [0.29, 0.717) is 37.7 Å². The number of aldehydes is 1. The highest BCUT2D eigenvalue weighted by Gasteiger charge is 2.32. The lowest BCUT2D eigenvalue weighted by Gasteiger charge is -2.27. The zero-order valence-electron chi connectivity index (χ0n) is 39.2. The number of hydrogen-bond acceptors (Lipinski definition) is 13. The molecule has 0 saturated carbocycles. The van der Waals surface area contributed by atoms with Gasteiger partial charge in [-0.2, -0.15) is 0 Å². The van der Waals surface area contributed by atoms with Crippen LogP contribution in [-0.2, 0) is 49.6 Å². The van der Waals surface area contributed by atoms with Crippen molar-refractivity contribution in [2.75, 3.05) is 46.8 Å². The van der Waals surface area contributed by atoms with Crippen LogP contribution >= 0.6 is 0 Å². The molecule has 7 amide bonds. The summed E-state index contributed by atoms with van der Waals surface area (Å²) in [6.07, 6.45) is 1.98. The fourth-order valence-electron chi connectivity index (χ4n) is 6.59. The van der Waals surface area contributed by atoms with Crippen LogP contribution in [0.15, 0.2) is 30.3 Å². The topological polar surface area (TPSA) is 406 Å². The molecular formula is C43H73N15O10. The van der Waals surface area contributed by atoms with Crippen LogP contribution in [0.3, 0.4) is 0 Å². The van der Waals surface area contributed by atoms with Crippen LogP contribution in [0.5, 0.6) is 0 Å². The number of nitrogens with one attached hydrogen (secondary N) is 13. The summed E-state index contributed by atoms with van der Waals surface area (Å²) in [7, 11) is 3.11. The van der Waals surface area contributed by atoms with Crippen molar-refractivity contribution >= 4 is 65.5 Å². The van der Waals surface area contributed by atoms with Gasteiger partial charge in [-0.3, -0.25) is 44.4 Å². The van der Waals surface area contributed by atoms with Crippen LogP contribution in [-0.4, -0.2) is 154 Å². The molecule has 0 aliphatic heterocycles. The normalized spacial score (nSPS) is 13.3. The molecule has 3 unspecified atom stereocenters. The molecule has 25 nitrogen and oxygen atoms in total. The number of carboxylic acids is 1. The van der Waals surface area contributed by atoms with E-state index < -0.39 is 83.6 Å². The maximum absolute atomic E-state index is 14.2. The lowest BCUT2D eigenvalue weighted by molar-refractivity contribution is -0.141. The van der Waals surface area contributed by atoms with Gasteiger partial charge in [-0.05, 0) is 83.4 Å². The molecular weight excluding hydrogens is 887 g/mol. The highest BCUT2D eigenvalue weighted by molar-refractivity contribution is 5.96. The van der Waals surface area contributed by atoms with E-state index in [1.165, 1.54) is 14.0 Å². The van der Waals surface area contributed by atoms with E-state index in [0.717, 1.165) is 0 Å². The third-order valence-electron chi connectivity index (χ3n) is 10.2. The molecule has 0 heterocycles. The van der Waals surface area contributed by atoms with Crippen molar-refractivity contribution in [3.8, 4) is 0 Å². The summed E-state index contributed by atoms with van der Waals surface area (Å²) in [5.41, 5.74) is 11.8. The van der Waals surface area contributed by atoms with Crippen LogP contribution in [0.2, 0.25) is 0 Å². The minimum Gasteiger partial charge on any atom is -0.480 e. The van der Waals surface area contributed by atoms with Crippen molar-refractivity contribution in [3.05, 3.63) is 35.9 Å². The maximum atomic E-state index is 14.2. The summed E-state index contributed by atoms with van der Waals surface area (Å²) >= 11 is 0. The number of amides is 7. The molecule has 380 valence electrons. The number of hydrogen-bond donors (Lipinski definition) is 16. The van der Waals surface area contributed by atoms with E-state index in [9.17, 15) is 48.3 Å². The van der Waals surface area contributed by atoms with Gasteiger partial charge in [0.15, 0.2) is 11.9 Å². The summed E-state index contributed by atoms with van der Waals surface area (Å²) in [6, 6.07) is 1.55. The molecule has 25 heteroatoms. The SMILES string of the molecule is CNCC(=O)NC(CCCNC(=O)CCC(NC(=O)[C@H](CCCNC(=N)N)NC(C)=O)C(=O)N[C@@H](CCCCN)C(=O)NC(Cc1ccccc1)C(=O)N[C@H](C=O)CCCNC(=N)NC)C(=O)O. The molecule has 0 saturated heterocycles. The van der Waals surface area contributed by atoms with Crippen molar-refractivity contribution in [1.82, 2.24) is 58.5 Å². The third kappa shape index (κ3) is 26.3. The summed E-state index contributed by atoms with van der Waals surface area (Å²) in [5, 5.41) is 53.5. The molecule has 1 aromatic carbocycles. The van der Waals surface area contributed by atoms with Gasteiger partial charge in [0.05, 0.1) is 12.6 Å². The molecule has 0 radical (unpaired) electrons. The predicted molar refractivity (Wildman–Crippen MR) is 253 cm³/mol. The van der Waals surface area contributed by atoms with Gasteiger partial charge in [-0.1, -0.05) is 30.3 Å². The first-order chi connectivity index (χ1) is 32.4. The number of likely N-dealkylation sites (N-methyl/N-ethyl adjacent to an activating group) is 1. The van der Waals surface area contributed by atoms with Gasteiger partial charge < -0.3 is 79.9 Å². The maximum Gasteiger partial charge on any atom is 0.326 e. The van der Waals surface area contributed by atoms with E-state index in [1.807, 2.05) is 0 Å². The van der Waals surface area contributed by atoms with Gasteiger partial charge in [0.2, 0.25) is 41.4 Å². The Hall–Kier alpha value is -6.89. The Morgan fingerprint density at radius 2 is 1.16 bits per heavy atom. The number of carboxylic acid groups (broad SMARTS) is 1. The number of benzene rings is 1. The van der Waals surface area contributed by atoms with Crippen molar-refractivity contribution in [2.45, 2.75) is 120 Å². The summed E-state index contributed by atoms with van der Waals surface area (Å²) in [4.78, 5) is 117. The minimum atomic E-state index is -1.45. The van der Waals surface area contributed by atoms with Gasteiger partial charge >= 0.3 is 5.97 Å². The van der Waals surface area contributed by atoms with E-state index >= 15 is 0 Å². The van der Waals surface area contributed by atoms with E-state index in [-0.39, 0.29) is 95.9 Å². The van der Waals surface area contributed by atoms with Gasteiger partial charge in [0.1, 0.15) is 36.5 Å². The predicted octanol–water partition coefficient (Wildman–Crippen LogP) is -3.75. The molecule has 68 heavy (non-hydrogen) atoms.